The molecule has 10 nitrogen and oxygen atoms in total. The molecule has 11 heteroatoms. The number of amides is 1. The SMILES string of the molecule is CC(C)[C@H](N=C1NS(=O)(=O)c2ccccc21)C(=O)N1CCN(c2ccc([N+](=O)[O-])cc2)CC1. The Bertz CT molecular complexity index is 1200. The zero-order valence-electron chi connectivity index (χ0n) is 18.3. The predicted octanol–water partition coefficient (Wildman–Crippen LogP) is 2.01. The van der Waals surface area contributed by atoms with Gasteiger partial charge in [0.2, 0.25) is 5.91 Å². The zero-order valence-corrected chi connectivity index (χ0v) is 19.2. The highest BCUT2D eigenvalue weighted by atomic mass is 32.2. The van der Waals surface area contributed by atoms with Gasteiger partial charge in [0.1, 0.15) is 11.9 Å². The highest BCUT2D eigenvalue weighted by molar-refractivity contribution is 7.90. The lowest BCUT2D eigenvalue weighted by Gasteiger charge is -2.37. The van der Waals surface area contributed by atoms with Gasteiger partial charge in [0.15, 0.2) is 0 Å². The lowest BCUT2D eigenvalue weighted by atomic mass is 10.0. The first-order valence-corrected chi connectivity index (χ1v) is 12.1. The molecule has 0 aromatic heterocycles. The topological polar surface area (TPSA) is 125 Å². The largest absolute Gasteiger partial charge is 0.368 e. The minimum atomic E-state index is -3.68. The van der Waals surface area contributed by atoms with Crippen molar-refractivity contribution in [3.63, 3.8) is 0 Å². The standard InChI is InChI=1S/C22H25N5O5S/c1-15(2)20(23-21-18-5-3-4-6-19(18)33(31,32)24-21)22(28)26-13-11-25(12-14-26)16-7-9-17(10-8-16)27(29)30/h3-10,15,20H,11-14H2,1-2H3,(H,23,24)/t20-/m0/s1. The Morgan fingerprint density at radius 2 is 1.70 bits per heavy atom. The molecule has 0 bridgehead atoms. The van der Waals surface area contributed by atoms with Crippen LogP contribution in [0.5, 0.6) is 0 Å². The first-order chi connectivity index (χ1) is 15.7. The van der Waals surface area contributed by atoms with Crippen molar-refractivity contribution in [1.29, 1.82) is 0 Å². The summed E-state index contributed by atoms with van der Waals surface area (Å²) in [5.41, 5.74) is 1.37. The van der Waals surface area contributed by atoms with Crippen LogP contribution in [0.25, 0.3) is 0 Å². The van der Waals surface area contributed by atoms with Gasteiger partial charge in [0.25, 0.3) is 15.7 Å². The van der Waals surface area contributed by atoms with Crippen molar-refractivity contribution in [3.8, 4) is 0 Å². The molecule has 0 radical (unpaired) electrons. The number of fused-ring (bicyclic) bond motifs is 1. The number of carbonyl (C=O) groups is 1. The van der Waals surface area contributed by atoms with Crippen LogP contribution in [0.4, 0.5) is 11.4 Å². The quantitative estimate of drug-likeness (QED) is 0.525. The average Bonchev–Trinajstić information content (AvgIpc) is 3.07. The van der Waals surface area contributed by atoms with Gasteiger partial charge in [-0.05, 0) is 30.2 Å². The summed E-state index contributed by atoms with van der Waals surface area (Å²) in [6.07, 6.45) is 0. The van der Waals surface area contributed by atoms with Gasteiger partial charge in [-0.2, -0.15) is 0 Å². The number of carbonyl (C=O) groups excluding carboxylic acids is 1. The monoisotopic (exact) mass is 471 g/mol. The van der Waals surface area contributed by atoms with E-state index in [2.05, 4.69) is 14.6 Å². The van der Waals surface area contributed by atoms with E-state index in [-0.39, 0.29) is 28.2 Å². The van der Waals surface area contributed by atoms with Crippen molar-refractivity contribution < 1.29 is 18.1 Å². The molecule has 2 aliphatic heterocycles. The van der Waals surface area contributed by atoms with E-state index in [9.17, 15) is 23.3 Å². The fraction of sp³-hybridized carbons (Fsp3) is 0.364. The van der Waals surface area contributed by atoms with Crippen LogP contribution in [-0.4, -0.2) is 62.2 Å². The molecule has 0 spiro atoms. The Morgan fingerprint density at radius 3 is 2.30 bits per heavy atom. The molecular formula is C22H25N5O5S. The lowest BCUT2D eigenvalue weighted by molar-refractivity contribution is -0.384. The number of hydrogen-bond donors (Lipinski definition) is 1. The van der Waals surface area contributed by atoms with Crippen LogP contribution in [0.15, 0.2) is 58.4 Å². The number of non-ortho nitro benzene ring substituents is 1. The fourth-order valence-corrected chi connectivity index (χ4v) is 5.25. The first-order valence-electron chi connectivity index (χ1n) is 10.7. The normalized spacial score (nSPS) is 19.3. The zero-order chi connectivity index (χ0) is 23.8. The molecule has 2 aliphatic rings. The first kappa shape index (κ1) is 22.7. The van der Waals surface area contributed by atoms with Crippen LogP contribution in [0, 0.1) is 16.0 Å². The van der Waals surface area contributed by atoms with Crippen LogP contribution >= 0.6 is 0 Å². The minimum Gasteiger partial charge on any atom is -0.368 e. The fourth-order valence-electron chi connectivity index (χ4n) is 4.02. The van der Waals surface area contributed by atoms with Gasteiger partial charge in [-0.3, -0.25) is 24.6 Å². The number of sulfonamides is 1. The van der Waals surface area contributed by atoms with Crippen molar-refractivity contribution in [3.05, 3.63) is 64.2 Å². The molecule has 1 N–H and O–H groups in total. The van der Waals surface area contributed by atoms with Crippen molar-refractivity contribution in [2.75, 3.05) is 31.1 Å². The molecule has 0 unspecified atom stereocenters. The summed E-state index contributed by atoms with van der Waals surface area (Å²) in [5, 5.41) is 10.9. The molecule has 174 valence electrons. The maximum atomic E-state index is 13.3. The second-order valence-electron chi connectivity index (χ2n) is 8.35. The molecule has 2 aromatic carbocycles. The molecule has 1 fully saturated rings. The Labute approximate surface area is 192 Å². The summed E-state index contributed by atoms with van der Waals surface area (Å²) in [7, 11) is -3.68. The number of nitro benzene ring substituents is 1. The number of hydrogen-bond acceptors (Lipinski definition) is 7. The summed E-state index contributed by atoms with van der Waals surface area (Å²) in [6, 6.07) is 12.2. The third kappa shape index (κ3) is 4.54. The molecular weight excluding hydrogens is 446 g/mol. The molecule has 0 saturated carbocycles. The van der Waals surface area contributed by atoms with Gasteiger partial charge in [-0.15, -0.1) is 0 Å². The third-order valence-electron chi connectivity index (χ3n) is 5.83. The highest BCUT2D eigenvalue weighted by Crippen LogP contribution is 2.25. The maximum absolute atomic E-state index is 13.3. The van der Waals surface area contributed by atoms with E-state index < -0.39 is 21.0 Å². The Hall–Kier alpha value is -3.47. The number of anilines is 1. The van der Waals surface area contributed by atoms with Gasteiger partial charge >= 0.3 is 0 Å². The molecule has 0 aliphatic carbocycles. The van der Waals surface area contributed by atoms with Crippen LogP contribution in [-0.2, 0) is 14.8 Å². The number of nitro groups is 1. The summed E-state index contributed by atoms with van der Waals surface area (Å²) < 4.78 is 27.2. The second-order valence-corrected chi connectivity index (χ2v) is 10.0. The van der Waals surface area contributed by atoms with Gasteiger partial charge < -0.3 is 9.80 Å². The van der Waals surface area contributed by atoms with Gasteiger partial charge in [0.05, 0.1) is 9.82 Å². The molecule has 2 aromatic rings. The van der Waals surface area contributed by atoms with Gasteiger partial charge in [-0.25, -0.2) is 8.42 Å². The van der Waals surface area contributed by atoms with Crippen LogP contribution in [0.1, 0.15) is 19.4 Å². The van der Waals surface area contributed by atoms with E-state index >= 15 is 0 Å². The van der Waals surface area contributed by atoms with E-state index in [4.69, 9.17) is 0 Å². The molecule has 1 amide bonds. The van der Waals surface area contributed by atoms with Crippen molar-refractivity contribution in [2.45, 2.75) is 24.8 Å². The summed E-state index contributed by atoms with van der Waals surface area (Å²) in [5.74, 6) is -0.0819. The van der Waals surface area contributed by atoms with Crippen molar-refractivity contribution >= 4 is 33.1 Å². The smallest absolute Gasteiger partial charge is 0.269 e. The van der Waals surface area contributed by atoms with E-state index in [0.29, 0.717) is 31.7 Å². The second kappa shape index (κ2) is 8.81. The van der Waals surface area contributed by atoms with Crippen molar-refractivity contribution in [2.24, 2.45) is 10.9 Å². The maximum Gasteiger partial charge on any atom is 0.269 e. The predicted molar refractivity (Wildman–Crippen MR) is 124 cm³/mol. The number of amidine groups is 1. The van der Waals surface area contributed by atoms with Crippen molar-refractivity contribution in [1.82, 2.24) is 9.62 Å². The van der Waals surface area contributed by atoms with Crippen LogP contribution in [0.2, 0.25) is 0 Å². The average molecular weight is 472 g/mol. The lowest BCUT2D eigenvalue weighted by Crippen LogP contribution is -2.52. The number of nitrogens with zero attached hydrogens (tertiary/aromatic N) is 4. The Balaban J connectivity index is 1.48. The minimum absolute atomic E-state index is 0.0376. The number of benzene rings is 2. The molecule has 4 rings (SSSR count). The molecule has 33 heavy (non-hydrogen) atoms. The summed E-state index contributed by atoms with van der Waals surface area (Å²) in [4.78, 5) is 32.3. The number of nitrogens with one attached hydrogen (secondary N) is 1. The molecule has 1 saturated heterocycles. The summed E-state index contributed by atoms with van der Waals surface area (Å²) >= 11 is 0. The van der Waals surface area contributed by atoms with Gasteiger partial charge in [-0.1, -0.05) is 26.0 Å². The van der Waals surface area contributed by atoms with E-state index in [1.807, 2.05) is 13.8 Å². The van der Waals surface area contributed by atoms with E-state index in [1.165, 1.54) is 18.2 Å². The molecule has 1 atom stereocenters. The van der Waals surface area contributed by atoms with E-state index in [0.717, 1.165) is 5.69 Å². The Kier molecular flexibility index (Phi) is 6.07. The number of piperazine rings is 1. The molecule has 2 heterocycles. The van der Waals surface area contributed by atoms with Gasteiger partial charge in [0, 0.05) is 49.6 Å². The number of aliphatic imine (C=N–C) groups is 1. The summed E-state index contributed by atoms with van der Waals surface area (Å²) in [6.45, 7) is 5.89. The highest BCUT2D eigenvalue weighted by Gasteiger charge is 2.34. The number of rotatable bonds is 5. The van der Waals surface area contributed by atoms with Crippen LogP contribution in [0.3, 0.4) is 0 Å². The third-order valence-corrected chi connectivity index (χ3v) is 7.23. The Morgan fingerprint density at radius 1 is 1.06 bits per heavy atom. The van der Waals surface area contributed by atoms with E-state index in [1.54, 1.807) is 35.2 Å². The van der Waals surface area contributed by atoms with Crippen LogP contribution < -0.4 is 9.62 Å².